The number of nitrogens with one attached hydrogen (secondary N) is 1. The van der Waals surface area contributed by atoms with E-state index in [0.717, 1.165) is 17.0 Å². The lowest BCUT2D eigenvalue weighted by molar-refractivity contribution is 0.268. The zero-order valence-electron chi connectivity index (χ0n) is 12.9. The number of methoxy groups -OCH3 is 1. The highest BCUT2D eigenvalue weighted by molar-refractivity contribution is 7.54. The van der Waals surface area contributed by atoms with E-state index in [1.54, 1.807) is 7.11 Å². The number of hydrogen-bond acceptors (Lipinski definition) is 5. The van der Waals surface area contributed by atoms with E-state index < -0.39 is 13.4 Å². The van der Waals surface area contributed by atoms with E-state index in [0.29, 0.717) is 0 Å². The first kappa shape index (κ1) is 16.6. The predicted molar refractivity (Wildman–Crippen MR) is 87.4 cm³/mol. The fourth-order valence-electron chi connectivity index (χ4n) is 2.11. The van der Waals surface area contributed by atoms with Crippen molar-refractivity contribution in [2.75, 3.05) is 26.6 Å². The SMILES string of the molecule is COc1ccc(NC(c2ccccc2)P(=O)(OC)OC)cc1. The highest BCUT2D eigenvalue weighted by atomic mass is 31.2. The third-order valence-corrected chi connectivity index (χ3v) is 5.41. The fraction of sp³-hybridized carbons (Fsp3) is 0.250. The molecule has 0 spiro atoms. The van der Waals surface area contributed by atoms with Crippen molar-refractivity contribution in [3.63, 3.8) is 0 Å². The minimum absolute atomic E-state index is 0.600. The summed E-state index contributed by atoms with van der Waals surface area (Å²) < 4.78 is 28.3. The molecule has 1 N–H and O–H groups in total. The summed E-state index contributed by atoms with van der Waals surface area (Å²) >= 11 is 0. The first-order valence-corrected chi connectivity index (χ1v) is 8.41. The molecule has 0 saturated carbocycles. The second-order valence-corrected chi connectivity index (χ2v) is 6.92. The lowest BCUT2D eigenvalue weighted by Crippen LogP contribution is -2.13. The molecule has 22 heavy (non-hydrogen) atoms. The molecule has 0 aliphatic rings. The van der Waals surface area contributed by atoms with Crippen LogP contribution in [0.3, 0.4) is 0 Å². The normalized spacial score (nSPS) is 12.7. The van der Waals surface area contributed by atoms with E-state index in [1.165, 1.54) is 14.2 Å². The van der Waals surface area contributed by atoms with E-state index in [4.69, 9.17) is 13.8 Å². The van der Waals surface area contributed by atoms with Gasteiger partial charge in [0.15, 0.2) is 5.78 Å². The average molecular weight is 321 g/mol. The van der Waals surface area contributed by atoms with Crippen molar-refractivity contribution < 1.29 is 18.3 Å². The molecule has 0 bridgehead atoms. The molecule has 6 heteroatoms. The molecule has 0 fully saturated rings. The van der Waals surface area contributed by atoms with Gasteiger partial charge in [0.25, 0.3) is 0 Å². The Morgan fingerprint density at radius 2 is 1.50 bits per heavy atom. The van der Waals surface area contributed by atoms with Crippen molar-refractivity contribution in [2.24, 2.45) is 0 Å². The van der Waals surface area contributed by atoms with Gasteiger partial charge in [-0.3, -0.25) is 4.57 Å². The molecule has 0 heterocycles. The lowest BCUT2D eigenvalue weighted by Gasteiger charge is -2.26. The molecule has 1 unspecified atom stereocenters. The van der Waals surface area contributed by atoms with Crippen LogP contribution < -0.4 is 10.1 Å². The smallest absolute Gasteiger partial charge is 0.356 e. The number of benzene rings is 2. The Bertz CT molecular complexity index is 622. The number of anilines is 1. The van der Waals surface area contributed by atoms with Gasteiger partial charge in [-0.2, -0.15) is 0 Å². The van der Waals surface area contributed by atoms with E-state index in [2.05, 4.69) is 5.32 Å². The third kappa shape index (κ3) is 3.69. The molecular weight excluding hydrogens is 301 g/mol. The summed E-state index contributed by atoms with van der Waals surface area (Å²) in [5, 5.41) is 3.22. The number of ether oxygens (including phenoxy) is 1. The van der Waals surface area contributed by atoms with Crippen molar-refractivity contribution in [1.82, 2.24) is 0 Å². The average Bonchev–Trinajstić information content (AvgIpc) is 2.60. The van der Waals surface area contributed by atoms with Crippen LogP contribution in [0, 0.1) is 0 Å². The summed E-state index contributed by atoms with van der Waals surface area (Å²) in [6.07, 6.45) is 0. The Labute approximate surface area is 130 Å². The van der Waals surface area contributed by atoms with Crippen LogP contribution in [0.4, 0.5) is 5.69 Å². The molecule has 2 rings (SSSR count). The van der Waals surface area contributed by atoms with Gasteiger partial charge in [0.1, 0.15) is 5.75 Å². The second kappa shape index (κ2) is 7.45. The molecule has 0 aliphatic carbocycles. The van der Waals surface area contributed by atoms with E-state index in [-0.39, 0.29) is 0 Å². The molecule has 0 amide bonds. The third-order valence-electron chi connectivity index (χ3n) is 3.33. The molecule has 1 atom stereocenters. The first-order chi connectivity index (χ1) is 10.6. The molecule has 0 radical (unpaired) electrons. The monoisotopic (exact) mass is 321 g/mol. The first-order valence-electron chi connectivity index (χ1n) is 6.79. The van der Waals surface area contributed by atoms with Crippen LogP contribution in [0.5, 0.6) is 5.75 Å². The van der Waals surface area contributed by atoms with Crippen LogP contribution in [-0.4, -0.2) is 21.3 Å². The van der Waals surface area contributed by atoms with E-state index >= 15 is 0 Å². The van der Waals surface area contributed by atoms with Crippen LogP contribution in [0.25, 0.3) is 0 Å². The van der Waals surface area contributed by atoms with Crippen molar-refractivity contribution in [1.29, 1.82) is 0 Å². The van der Waals surface area contributed by atoms with Crippen molar-refractivity contribution in [3.8, 4) is 5.75 Å². The standard InChI is InChI=1S/C16H20NO4P/c1-19-15-11-9-14(10-12-15)17-16(22(18,20-2)21-3)13-7-5-4-6-8-13/h4-12,16-17H,1-3H3. The highest BCUT2D eigenvalue weighted by Gasteiger charge is 2.35. The minimum Gasteiger partial charge on any atom is -0.497 e. The fourth-order valence-corrected chi connectivity index (χ4v) is 3.53. The molecule has 5 nitrogen and oxygen atoms in total. The minimum atomic E-state index is -3.34. The predicted octanol–water partition coefficient (Wildman–Crippen LogP) is 4.29. The van der Waals surface area contributed by atoms with Gasteiger partial charge in [-0.05, 0) is 29.8 Å². The molecule has 2 aromatic rings. The van der Waals surface area contributed by atoms with Gasteiger partial charge in [0.2, 0.25) is 0 Å². The number of hydrogen-bond donors (Lipinski definition) is 1. The van der Waals surface area contributed by atoms with Crippen LogP contribution in [0.1, 0.15) is 11.3 Å². The molecule has 2 aromatic carbocycles. The molecule has 0 aliphatic heterocycles. The van der Waals surface area contributed by atoms with Gasteiger partial charge < -0.3 is 19.1 Å². The zero-order chi connectivity index (χ0) is 16.0. The summed E-state index contributed by atoms with van der Waals surface area (Å²) in [7, 11) is 1.04. The molecule has 0 saturated heterocycles. The van der Waals surface area contributed by atoms with E-state index in [9.17, 15) is 4.57 Å². The highest BCUT2D eigenvalue weighted by Crippen LogP contribution is 2.59. The summed E-state index contributed by atoms with van der Waals surface area (Å²) in [4.78, 5) is 0. The van der Waals surface area contributed by atoms with Crippen LogP contribution in [0.2, 0.25) is 0 Å². The van der Waals surface area contributed by atoms with Crippen molar-refractivity contribution >= 4 is 13.3 Å². The van der Waals surface area contributed by atoms with Gasteiger partial charge >= 0.3 is 7.60 Å². The maximum Gasteiger partial charge on any atom is 0.356 e. The van der Waals surface area contributed by atoms with Crippen molar-refractivity contribution in [3.05, 3.63) is 60.2 Å². The largest absolute Gasteiger partial charge is 0.497 e. The molecule has 0 aromatic heterocycles. The molecular formula is C16H20NO4P. The van der Waals surface area contributed by atoms with Crippen LogP contribution in [0.15, 0.2) is 54.6 Å². The Morgan fingerprint density at radius 1 is 0.909 bits per heavy atom. The van der Waals surface area contributed by atoms with Gasteiger partial charge in [-0.25, -0.2) is 0 Å². The summed E-state index contributed by atoms with van der Waals surface area (Å²) in [5.74, 6) is 0.153. The van der Waals surface area contributed by atoms with Crippen LogP contribution in [-0.2, 0) is 13.6 Å². The Morgan fingerprint density at radius 3 is 2.00 bits per heavy atom. The van der Waals surface area contributed by atoms with Gasteiger partial charge in [-0.15, -0.1) is 0 Å². The van der Waals surface area contributed by atoms with Crippen LogP contribution >= 0.6 is 7.60 Å². The topological polar surface area (TPSA) is 56.8 Å². The summed E-state index contributed by atoms with van der Waals surface area (Å²) in [6, 6.07) is 16.8. The summed E-state index contributed by atoms with van der Waals surface area (Å²) in [5.41, 5.74) is 1.62. The van der Waals surface area contributed by atoms with Gasteiger partial charge in [0, 0.05) is 19.9 Å². The number of rotatable bonds is 7. The van der Waals surface area contributed by atoms with Crippen molar-refractivity contribution in [2.45, 2.75) is 5.78 Å². The maximum absolute atomic E-state index is 12.8. The summed E-state index contributed by atoms with van der Waals surface area (Å²) in [6.45, 7) is 0. The Balaban J connectivity index is 2.34. The quantitative estimate of drug-likeness (QED) is 0.771. The molecule has 118 valence electrons. The zero-order valence-corrected chi connectivity index (χ0v) is 13.7. The lowest BCUT2D eigenvalue weighted by atomic mass is 10.2. The second-order valence-electron chi connectivity index (χ2n) is 4.59. The Hall–Kier alpha value is -1.81. The Kier molecular flexibility index (Phi) is 5.61. The maximum atomic E-state index is 12.8. The van der Waals surface area contributed by atoms with E-state index in [1.807, 2.05) is 54.6 Å². The van der Waals surface area contributed by atoms with Gasteiger partial charge in [-0.1, -0.05) is 30.3 Å². The van der Waals surface area contributed by atoms with Gasteiger partial charge in [0.05, 0.1) is 7.11 Å².